The molecule has 1 saturated carbocycles. The van der Waals surface area contributed by atoms with Gasteiger partial charge in [0, 0.05) is 10.0 Å². The summed E-state index contributed by atoms with van der Waals surface area (Å²) in [5.74, 6) is 4.83. The smallest absolute Gasteiger partial charge is 0.265 e. The summed E-state index contributed by atoms with van der Waals surface area (Å²) in [6.45, 7) is 0.579. The highest BCUT2D eigenvalue weighted by Gasteiger charge is 2.14. The van der Waals surface area contributed by atoms with Crippen molar-refractivity contribution in [2.45, 2.75) is 51.2 Å². The first kappa shape index (κ1) is 15.5. The molecular formula is C15H21BrN2O2. The van der Waals surface area contributed by atoms with Gasteiger partial charge in [0.2, 0.25) is 0 Å². The minimum absolute atomic E-state index is 0.290. The average molecular weight is 341 g/mol. The molecule has 0 spiro atoms. The van der Waals surface area contributed by atoms with Gasteiger partial charge >= 0.3 is 0 Å². The third kappa shape index (κ3) is 4.30. The Labute approximate surface area is 128 Å². The van der Waals surface area contributed by atoms with Crippen LogP contribution in [0.5, 0.6) is 0 Å². The Kier molecular flexibility index (Phi) is 6.01. The number of nitrogens with one attached hydrogen (secondary N) is 1. The number of rotatable bonds is 4. The first-order valence-corrected chi connectivity index (χ1v) is 7.91. The lowest BCUT2D eigenvalue weighted by atomic mass is 10.1. The van der Waals surface area contributed by atoms with E-state index in [0.29, 0.717) is 18.3 Å². The van der Waals surface area contributed by atoms with E-state index in [1.807, 2.05) is 6.07 Å². The van der Waals surface area contributed by atoms with Crippen LogP contribution < -0.4 is 11.3 Å². The second-order valence-corrected chi connectivity index (χ2v) is 6.06. The zero-order valence-corrected chi connectivity index (χ0v) is 13.1. The molecule has 1 amide bonds. The molecule has 1 aromatic carbocycles. The van der Waals surface area contributed by atoms with Crippen molar-refractivity contribution in [2.75, 3.05) is 0 Å². The maximum atomic E-state index is 11.4. The molecule has 110 valence electrons. The predicted octanol–water partition coefficient (Wildman–Crippen LogP) is 3.29. The first-order valence-electron chi connectivity index (χ1n) is 7.11. The van der Waals surface area contributed by atoms with Gasteiger partial charge in [-0.05, 0) is 30.5 Å². The standard InChI is InChI=1S/C15H21BrN2O2/c16-14-9-11(15(19)18-17)7-8-12(14)10-20-13-5-3-1-2-4-6-13/h7-9,13H,1-6,10,17H2,(H,18,19). The first-order chi connectivity index (χ1) is 9.70. The van der Waals surface area contributed by atoms with Gasteiger partial charge in [0.15, 0.2) is 0 Å². The molecule has 1 aliphatic rings. The summed E-state index contributed by atoms with van der Waals surface area (Å²) in [5.41, 5.74) is 3.73. The van der Waals surface area contributed by atoms with Crippen molar-refractivity contribution in [2.24, 2.45) is 5.84 Å². The number of hydrazine groups is 1. The van der Waals surface area contributed by atoms with E-state index in [4.69, 9.17) is 10.6 Å². The SMILES string of the molecule is NNC(=O)c1ccc(COC2CCCCCC2)c(Br)c1. The Bertz CT molecular complexity index is 457. The van der Waals surface area contributed by atoms with Crippen LogP contribution in [0.3, 0.4) is 0 Å². The predicted molar refractivity (Wildman–Crippen MR) is 82.1 cm³/mol. The van der Waals surface area contributed by atoms with Gasteiger partial charge in [0.1, 0.15) is 0 Å². The molecule has 0 heterocycles. The molecule has 2 rings (SSSR count). The van der Waals surface area contributed by atoms with Crippen LogP contribution in [0.2, 0.25) is 0 Å². The average Bonchev–Trinajstić information content (AvgIpc) is 2.73. The zero-order chi connectivity index (χ0) is 14.4. The monoisotopic (exact) mass is 340 g/mol. The highest BCUT2D eigenvalue weighted by molar-refractivity contribution is 9.10. The molecule has 3 N–H and O–H groups in total. The van der Waals surface area contributed by atoms with E-state index < -0.39 is 0 Å². The van der Waals surface area contributed by atoms with E-state index in [0.717, 1.165) is 22.9 Å². The van der Waals surface area contributed by atoms with Gasteiger partial charge in [-0.15, -0.1) is 0 Å². The number of halogens is 1. The lowest BCUT2D eigenvalue weighted by Crippen LogP contribution is -2.29. The van der Waals surface area contributed by atoms with Crippen molar-refractivity contribution in [1.29, 1.82) is 0 Å². The van der Waals surface area contributed by atoms with Crippen molar-refractivity contribution in [3.05, 3.63) is 33.8 Å². The molecule has 0 radical (unpaired) electrons. The highest BCUT2D eigenvalue weighted by Crippen LogP contribution is 2.24. The highest BCUT2D eigenvalue weighted by atomic mass is 79.9. The number of nitrogen functional groups attached to an aromatic ring is 1. The Morgan fingerprint density at radius 3 is 2.60 bits per heavy atom. The maximum absolute atomic E-state index is 11.4. The largest absolute Gasteiger partial charge is 0.374 e. The number of nitrogens with two attached hydrogens (primary N) is 1. The third-order valence-electron chi connectivity index (χ3n) is 3.72. The zero-order valence-electron chi connectivity index (χ0n) is 11.5. The molecule has 0 unspecified atom stereocenters. The van der Waals surface area contributed by atoms with E-state index in [1.54, 1.807) is 12.1 Å². The molecule has 1 aliphatic carbocycles. The summed E-state index contributed by atoms with van der Waals surface area (Å²) in [4.78, 5) is 11.4. The van der Waals surface area contributed by atoms with Crippen molar-refractivity contribution in [3.8, 4) is 0 Å². The summed E-state index contributed by atoms with van der Waals surface area (Å²) in [6.07, 6.45) is 7.87. The van der Waals surface area contributed by atoms with Gasteiger partial charge in [0.25, 0.3) is 5.91 Å². The molecule has 0 saturated heterocycles. The summed E-state index contributed by atoms with van der Waals surface area (Å²) in [6, 6.07) is 5.44. The fourth-order valence-electron chi connectivity index (χ4n) is 2.51. The van der Waals surface area contributed by atoms with Crippen LogP contribution in [0.4, 0.5) is 0 Å². The normalized spacial score (nSPS) is 16.7. The molecule has 5 heteroatoms. The lowest BCUT2D eigenvalue weighted by Gasteiger charge is -2.16. The number of ether oxygens (including phenoxy) is 1. The lowest BCUT2D eigenvalue weighted by molar-refractivity contribution is 0.0307. The Balaban J connectivity index is 1.93. The molecule has 0 bridgehead atoms. The fourth-order valence-corrected chi connectivity index (χ4v) is 3.00. The van der Waals surface area contributed by atoms with Crippen LogP contribution >= 0.6 is 15.9 Å². The van der Waals surface area contributed by atoms with Crippen LogP contribution in [0, 0.1) is 0 Å². The summed E-state index contributed by atoms with van der Waals surface area (Å²) < 4.78 is 6.88. The number of benzene rings is 1. The van der Waals surface area contributed by atoms with Gasteiger partial charge in [-0.1, -0.05) is 47.7 Å². The van der Waals surface area contributed by atoms with E-state index in [9.17, 15) is 4.79 Å². The van der Waals surface area contributed by atoms with Gasteiger partial charge in [-0.2, -0.15) is 0 Å². The summed E-state index contributed by atoms with van der Waals surface area (Å²) in [5, 5.41) is 0. The fraction of sp³-hybridized carbons (Fsp3) is 0.533. The van der Waals surface area contributed by atoms with Crippen LogP contribution in [0.25, 0.3) is 0 Å². The summed E-state index contributed by atoms with van der Waals surface area (Å²) in [7, 11) is 0. The van der Waals surface area contributed by atoms with Crippen molar-refractivity contribution in [1.82, 2.24) is 5.43 Å². The molecule has 20 heavy (non-hydrogen) atoms. The molecule has 0 aromatic heterocycles. The summed E-state index contributed by atoms with van der Waals surface area (Å²) >= 11 is 3.48. The van der Waals surface area contributed by atoms with Crippen molar-refractivity contribution in [3.63, 3.8) is 0 Å². The minimum atomic E-state index is -0.290. The second-order valence-electron chi connectivity index (χ2n) is 5.20. The topological polar surface area (TPSA) is 64.3 Å². The Morgan fingerprint density at radius 2 is 2.00 bits per heavy atom. The van der Waals surface area contributed by atoms with E-state index in [1.165, 1.54) is 25.7 Å². The third-order valence-corrected chi connectivity index (χ3v) is 4.46. The van der Waals surface area contributed by atoms with Gasteiger partial charge in [-0.25, -0.2) is 5.84 Å². The number of carbonyl (C=O) groups excluding carboxylic acids is 1. The van der Waals surface area contributed by atoms with Crippen LogP contribution in [0.1, 0.15) is 54.4 Å². The molecule has 0 atom stereocenters. The van der Waals surface area contributed by atoms with Crippen molar-refractivity contribution >= 4 is 21.8 Å². The number of hydrogen-bond acceptors (Lipinski definition) is 3. The Morgan fingerprint density at radius 1 is 1.30 bits per heavy atom. The van der Waals surface area contributed by atoms with Crippen LogP contribution in [0.15, 0.2) is 22.7 Å². The minimum Gasteiger partial charge on any atom is -0.374 e. The maximum Gasteiger partial charge on any atom is 0.265 e. The molecule has 4 nitrogen and oxygen atoms in total. The van der Waals surface area contributed by atoms with Crippen LogP contribution in [-0.4, -0.2) is 12.0 Å². The number of carbonyl (C=O) groups is 1. The molecule has 0 aliphatic heterocycles. The quantitative estimate of drug-likeness (QED) is 0.382. The molecule has 1 fully saturated rings. The van der Waals surface area contributed by atoms with Crippen molar-refractivity contribution < 1.29 is 9.53 Å². The second kappa shape index (κ2) is 7.76. The van der Waals surface area contributed by atoms with Gasteiger partial charge < -0.3 is 4.74 Å². The van der Waals surface area contributed by atoms with Crippen LogP contribution in [-0.2, 0) is 11.3 Å². The molecular weight excluding hydrogens is 320 g/mol. The molecule has 1 aromatic rings. The Hall–Kier alpha value is -0.910. The van der Waals surface area contributed by atoms with Gasteiger partial charge in [-0.3, -0.25) is 10.2 Å². The van der Waals surface area contributed by atoms with E-state index >= 15 is 0 Å². The number of amides is 1. The van der Waals surface area contributed by atoms with E-state index in [2.05, 4.69) is 21.4 Å². The van der Waals surface area contributed by atoms with E-state index in [-0.39, 0.29) is 5.91 Å². The number of hydrogen-bond donors (Lipinski definition) is 2. The van der Waals surface area contributed by atoms with Gasteiger partial charge in [0.05, 0.1) is 12.7 Å².